The van der Waals surface area contributed by atoms with Gasteiger partial charge in [0, 0.05) is 17.3 Å². The number of nitrogens with one attached hydrogen (secondary N) is 1. The Labute approximate surface area is 139 Å². The summed E-state index contributed by atoms with van der Waals surface area (Å²) < 4.78 is 27.8. The lowest BCUT2D eigenvalue weighted by atomic mass is 10.0. The van der Waals surface area contributed by atoms with Crippen molar-refractivity contribution >= 4 is 33.2 Å². The van der Waals surface area contributed by atoms with E-state index in [9.17, 15) is 8.42 Å². The van der Waals surface area contributed by atoms with Crippen LogP contribution < -0.4 is 4.72 Å². The SMILES string of the molecule is O=S(=O)(N[C@@H](c1ccc(Cl)cc1)C1CC1)c1ccc(Cl)nc1. The standard InChI is InChI=1S/C15H14Cl2N2O2S/c16-12-5-3-11(4-6-12)15(10-1-2-10)19-22(20,21)13-7-8-14(17)18-9-13/h3-10,15,19H,1-2H2/t15-/m1/s1. The quantitative estimate of drug-likeness (QED) is 0.828. The van der Waals surface area contributed by atoms with E-state index in [1.54, 1.807) is 12.1 Å². The third kappa shape index (κ3) is 3.60. The molecule has 7 heteroatoms. The minimum atomic E-state index is -3.64. The maximum atomic E-state index is 12.5. The maximum Gasteiger partial charge on any atom is 0.242 e. The second-order valence-corrected chi connectivity index (χ2v) is 7.84. The van der Waals surface area contributed by atoms with Crippen LogP contribution in [0.1, 0.15) is 24.4 Å². The predicted molar refractivity (Wildman–Crippen MR) is 86.5 cm³/mol. The Morgan fingerprint density at radius 1 is 1.09 bits per heavy atom. The molecule has 4 nitrogen and oxygen atoms in total. The van der Waals surface area contributed by atoms with E-state index >= 15 is 0 Å². The first-order chi connectivity index (χ1) is 10.5. The molecule has 0 radical (unpaired) electrons. The molecule has 1 aromatic carbocycles. The molecule has 0 unspecified atom stereocenters. The highest BCUT2D eigenvalue weighted by Crippen LogP contribution is 2.41. The number of aromatic nitrogens is 1. The number of nitrogens with zero attached hydrogens (tertiary/aromatic N) is 1. The largest absolute Gasteiger partial charge is 0.243 e. The van der Waals surface area contributed by atoms with Gasteiger partial charge < -0.3 is 0 Å². The average Bonchev–Trinajstić information content (AvgIpc) is 3.31. The summed E-state index contributed by atoms with van der Waals surface area (Å²) in [5, 5.41) is 0.887. The van der Waals surface area contributed by atoms with Gasteiger partial charge in [0.2, 0.25) is 10.0 Å². The van der Waals surface area contributed by atoms with Gasteiger partial charge in [-0.3, -0.25) is 0 Å². The summed E-state index contributed by atoms with van der Waals surface area (Å²) in [5.41, 5.74) is 0.914. The monoisotopic (exact) mass is 356 g/mol. The molecule has 1 saturated carbocycles. The van der Waals surface area contributed by atoms with Gasteiger partial charge in [0.1, 0.15) is 10.0 Å². The Balaban J connectivity index is 1.87. The number of hydrogen-bond acceptors (Lipinski definition) is 3. The lowest BCUT2D eigenvalue weighted by molar-refractivity contribution is 0.529. The van der Waals surface area contributed by atoms with Crippen molar-refractivity contribution in [2.75, 3.05) is 0 Å². The van der Waals surface area contributed by atoms with E-state index in [2.05, 4.69) is 9.71 Å². The lowest BCUT2D eigenvalue weighted by Crippen LogP contribution is -2.30. The lowest BCUT2D eigenvalue weighted by Gasteiger charge is -2.19. The van der Waals surface area contributed by atoms with Crippen LogP contribution in [0.2, 0.25) is 10.2 Å². The number of halogens is 2. The third-order valence-electron chi connectivity index (χ3n) is 3.62. The summed E-state index contributed by atoms with van der Waals surface area (Å²) >= 11 is 11.6. The van der Waals surface area contributed by atoms with Crippen LogP contribution in [0, 0.1) is 5.92 Å². The van der Waals surface area contributed by atoms with Gasteiger partial charge in [-0.15, -0.1) is 0 Å². The van der Waals surface area contributed by atoms with Crippen molar-refractivity contribution in [1.82, 2.24) is 9.71 Å². The first kappa shape index (κ1) is 15.7. The zero-order valence-corrected chi connectivity index (χ0v) is 13.9. The average molecular weight is 357 g/mol. The zero-order valence-electron chi connectivity index (χ0n) is 11.5. The van der Waals surface area contributed by atoms with Gasteiger partial charge in [0.05, 0.1) is 0 Å². The first-order valence-corrected chi connectivity index (χ1v) is 9.09. The molecule has 0 amide bonds. The van der Waals surface area contributed by atoms with E-state index in [-0.39, 0.29) is 16.1 Å². The minimum Gasteiger partial charge on any atom is -0.243 e. The van der Waals surface area contributed by atoms with Crippen LogP contribution in [0.5, 0.6) is 0 Å². The van der Waals surface area contributed by atoms with Gasteiger partial charge in [-0.25, -0.2) is 18.1 Å². The van der Waals surface area contributed by atoms with Crippen LogP contribution in [0.3, 0.4) is 0 Å². The summed E-state index contributed by atoms with van der Waals surface area (Å²) in [5.74, 6) is 0.316. The molecule has 22 heavy (non-hydrogen) atoms. The number of pyridine rings is 1. The fraction of sp³-hybridized carbons (Fsp3) is 0.267. The smallest absolute Gasteiger partial charge is 0.242 e. The molecule has 1 N–H and O–H groups in total. The molecule has 1 aliphatic rings. The fourth-order valence-electron chi connectivity index (χ4n) is 2.29. The molecule has 0 bridgehead atoms. The van der Waals surface area contributed by atoms with Gasteiger partial charge in [-0.05, 0) is 48.6 Å². The number of hydrogen-bond donors (Lipinski definition) is 1. The van der Waals surface area contributed by atoms with E-state index in [1.165, 1.54) is 18.3 Å². The molecule has 0 aliphatic heterocycles. The van der Waals surface area contributed by atoms with E-state index < -0.39 is 10.0 Å². The minimum absolute atomic E-state index is 0.108. The Morgan fingerprint density at radius 3 is 2.32 bits per heavy atom. The fourth-order valence-corrected chi connectivity index (χ4v) is 3.77. The maximum absolute atomic E-state index is 12.5. The molecular formula is C15H14Cl2N2O2S. The second-order valence-electron chi connectivity index (χ2n) is 5.30. The highest BCUT2D eigenvalue weighted by molar-refractivity contribution is 7.89. The van der Waals surface area contributed by atoms with Gasteiger partial charge in [-0.1, -0.05) is 35.3 Å². The highest BCUT2D eigenvalue weighted by atomic mass is 35.5. The van der Waals surface area contributed by atoms with Crippen molar-refractivity contribution in [1.29, 1.82) is 0 Å². The molecule has 1 aromatic heterocycles. The Kier molecular flexibility index (Phi) is 4.41. The van der Waals surface area contributed by atoms with Crippen LogP contribution in [0.15, 0.2) is 47.5 Å². The molecule has 0 saturated heterocycles. The van der Waals surface area contributed by atoms with Gasteiger partial charge in [-0.2, -0.15) is 0 Å². The van der Waals surface area contributed by atoms with Crippen molar-refractivity contribution in [3.63, 3.8) is 0 Å². The number of benzene rings is 1. The molecule has 1 fully saturated rings. The zero-order chi connectivity index (χ0) is 15.7. The van der Waals surface area contributed by atoms with Crippen molar-refractivity contribution < 1.29 is 8.42 Å². The van der Waals surface area contributed by atoms with E-state index in [1.807, 2.05) is 12.1 Å². The molecule has 0 spiro atoms. The summed E-state index contributed by atoms with van der Waals surface area (Å²) in [6.45, 7) is 0. The summed E-state index contributed by atoms with van der Waals surface area (Å²) in [4.78, 5) is 3.93. The molecule has 1 heterocycles. The van der Waals surface area contributed by atoms with Crippen LogP contribution in [0.4, 0.5) is 0 Å². The second kappa shape index (κ2) is 6.16. The Morgan fingerprint density at radius 2 is 1.77 bits per heavy atom. The Hall–Kier alpha value is -1.14. The Bertz CT molecular complexity index is 757. The summed E-state index contributed by atoms with van der Waals surface area (Å²) in [6, 6.07) is 9.91. The first-order valence-electron chi connectivity index (χ1n) is 6.85. The molecular weight excluding hydrogens is 343 g/mol. The third-order valence-corrected chi connectivity index (χ3v) is 5.52. The summed E-state index contributed by atoms with van der Waals surface area (Å²) in [6.07, 6.45) is 3.28. The molecule has 3 rings (SSSR count). The molecule has 1 atom stereocenters. The molecule has 1 aliphatic carbocycles. The number of rotatable bonds is 5. The van der Waals surface area contributed by atoms with Crippen molar-refractivity contribution in [2.24, 2.45) is 5.92 Å². The molecule has 116 valence electrons. The van der Waals surface area contributed by atoms with Crippen LogP contribution >= 0.6 is 23.2 Å². The van der Waals surface area contributed by atoms with E-state index in [4.69, 9.17) is 23.2 Å². The summed E-state index contributed by atoms with van der Waals surface area (Å²) in [7, 11) is -3.64. The highest BCUT2D eigenvalue weighted by Gasteiger charge is 2.35. The van der Waals surface area contributed by atoms with Crippen LogP contribution in [-0.2, 0) is 10.0 Å². The number of sulfonamides is 1. The normalized spacial score (nSPS) is 16.5. The topological polar surface area (TPSA) is 59.1 Å². The van der Waals surface area contributed by atoms with E-state index in [0.29, 0.717) is 10.9 Å². The van der Waals surface area contributed by atoms with Crippen molar-refractivity contribution in [3.05, 3.63) is 58.3 Å². The van der Waals surface area contributed by atoms with Crippen molar-refractivity contribution in [2.45, 2.75) is 23.8 Å². The van der Waals surface area contributed by atoms with Gasteiger partial charge in [0.25, 0.3) is 0 Å². The van der Waals surface area contributed by atoms with Crippen LogP contribution in [0.25, 0.3) is 0 Å². The van der Waals surface area contributed by atoms with Gasteiger partial charge in [0.15, 0.2) is 0 Å². The van der Waals surface area contributed by atoms with Gasteiger partial charge >= 0.3 is 0 Å². The molecule has 2 aromatic rings. The van der Waals surface area contributed by atoms with Crippen molar-refractivity contribution in [3.8, 4) is 0 Å². The van der Waals surface area contributed by atoms with E-state index in [0.717, 1.165) is 18.4 Å². The van der Waals surface area contributed by atoms with Crippen LogP contribution in [-0.4, -0.2) is 13.4 Å². The predicted octanol–water partition coefficient (Wildman–Crippen LogP) is 3.82.